The Hall–Kier alpha value is -0.160. The molecule has 0 heterocycles. The van der Waals surface area contributed by atoms with Crippen LogP contribution in [-0.4, -0.2) is 29.0 Å². The average Bonchev–Trinajstić information content (AvgIpc) is 2.11. The highest BCUT2D eigenvalue weighted by Crippen LogP contribution is 2.46. The Morgan fingerprint density at radius 1 is 1.12 bits per heavy atom. The fraction of sp³-hybridized carbons (Fsp3) is 0.917. The summed E-state index contributed by atoms with van der Waals surface area (Å²) in [7, 11) is -0.637. The molecule has 0 saturated heterocycles. The predicted octanol–water partition coefficient (Wildman–Crippen LogP) is 3.76. The van der Waals surface area contributed by atoms with Crippen molar-refractivity contribution in [3.8, 4) is 6.07 Å². The van der Waals surface area contributed by atoms with Crippen molar-refractivity contribution in [3.63, 3.8) is 0 Å². The van der Waals surface area contributed by atoms with Crippen LogP contribution in [0.3, 0.4) is 0 Å². The van der Waals surface area contributed by atoms with Crippen molar-refractivity contribution < 1.29 is 4.52 Å². The predicted molar refractivity (Wildman–Crippen MR) is 70.3 cm³/mol. The van der Waals surface area contributed by atoms with Crippen molar-refractivity contribution in [2.24, 2.45) is 0 Å². The van der Waals surface area contributed by atoms with Gasteiger partial charge in [0.15, 0.2) is 0 Å². The maximum absolute atomic E-state index is 8.69. The van der Waals surface area contributed by atoms with E-state index in [0.717, 1.165) is 6.16 Å². The van der Waals surface area contributed by atoms with Crippen LogP contribution < -0.4 is 0 Å². The summed E-state index contributed by atoms with van der Waals surface area (Å²) >= 11 is 0. The second kappa shape index (κ2) is 8.01. The molecule has 0 fully saturated rings. The molecule has 16 heavy (non-hydrogen) atoms. The number of hydrogen-bond acceptors (Lipinski definition) is 3. The van der Waals surface area contributed by atoms with Gasteiger partial charge in [0.25, 0.3) is 0 Å². The zero-order valence-corrected chi connectivity index (χ0v) is 12.3. The molecule has 0 N–H and O–H groups in total. The van der Waals surface area contributed by atoms with Crippen LogP contribution in [0.15, 0.2) is 0 Å². The summed E-state index contributed by atoms with van der Waals surface area (Å²) in [4.78, 5) is 0. The summed E-state index contributed by atoms with van der Waals surface area (Å²) in [5.74, 6) is 0. The van der Waals surface area contributed by atoms with Crippen LogP contribution in [0.4, 0.5) is 0 Å². The Morgan fingerprint density at radius 3 is 1.94 bits per heavy atom. The first kappa shape index (κ1) is 15.8. The third-order valence-corrected chi connectivity index (χ3v) is 4.77. The van der Waals surface area contributed by atoms with E-state index in [0.29, 0.717) is 18.5 Å². The molecule has 0 radical (unpaired) electrons. The molecular formula is C12H25N2OP. The minimum absolute atomic E-state index is 0.227. The summed E-state index contributed by atoms with van der Waals surface area (Å²) < 4.78 is 8.37. The van der Waals surface area contributed by atoms with Crippen molar-refractivity contribution >= 4 is 8.30 Å². The lowest BCUT2D eigenvalue weighted by Gasteiger charge is -2.37. The second-order valence-corrected chi connectivity index (χ2v) is 6.53. The molecule has 0 aromatic carbocycles. The summed E-state index contributed by atoms with van der Waals surface area (Å²) in [6.45, 7) is 12.9. The van der Waals surface area contributed by atoms with E-state index in [4.69, 9.17) is 9.79 Å². The van der Waals surface area contributed by atoms with E-state index < -0.39 is 8.30 Å². The molecule has 4 heteroatoms. The first-order chi connectivity index (χ1) is 7.40. The molecule has 0 spiro atoms. The normalized spacial score (nSPS) is 13.8. The summed E-state index contributed by atoms with van der Waals surface area (Å²) in [5, 5.41) is 8.69. The molecule has 0 unspecified atom stereocenters. The van der Waals surface area contributed by atoms with E-state index in [1.807, 2.05) is 0 Å². The van der Waals surface area contributed by atoms with Gasteiger partial charge in [-0.25, -0.2) is 0 Å². The third kappa shape index (κ3) is 5.80. The van der Waals surface area contributed by atoms with Gasteiger partial charge in [0, 0.05) is 24.7 Å². The number of hydrogen-bond donors (Lipinski definition) is 0. The van der Waals surface area contributed by atoms with Gasteiger partial charge in [-0.1, -0.05) is 0 Å². The quantitative estimate of drug-likeness (QED) is 0.640. The first-order valence-electron chi connectivity index (χ1n) is 5.99. The number of nitrogens with zero attached hydrogens (tertiary/aromatic N) is 2. The van der Waals surface area contributed by atoms with Crippen LogP contribution in [0.2, 0.25) is 0 Å². The molecule has 0 aliphatic heterocycles. The fourth-order valence-corrected chi connectivity index (χ4v) is 3.98. The molecule has 0 aromatic rings. The van der Waals surface area contributed by atoms with Gasteiger partial charge < -0.3 is 4.52 Å². The zero-order valence-electron chi connectivity index (χ0n) is 11.4. The monoisotopic (exact) mass is 244 g/mol. The largest absolute Gasteiger partial charge is 0.341 e. The highest BCUT2D eigenvalue weighted by Gasteiger charge is 2.25. The standard InChI is InChI=1S/C12H25N2OP/c1-10(2)14(11(3)4)16(9-7-8-13)15-12(5)6/h10-12H,7,9H2,1-6H3/t16-/m1/s1. The fourth-order valence-electron chi connectivity index (χ4n) is 1.72. The molecule has 0 bridgehead atoms. The van der Waals surface area contributed by atoms with Crippen molar-refractivity contribution in [1.29, 1.82) is 5.26 Å². The summed E-state index contributed by atoms with van der Waals surface area (Å²) in [6.07, 6.45) is 1.65. The molecule has 0 rings (SSSR count). The van der Waals surface area contributed by atoms with Gasteiger partial charge in [-0.05, 0) is 41.5 Å². The Kier molecular flexibility index (Phi) is 7.93. The lowest BCUT2D eigenvalue weighted by molar-refractivity contribution is 0.214. The van der Waals surface area contributed by atoms with E-state index in [-0.39, 0.29) is 6.10 Å². The lowest BCUT2D eigenvalue weighted by Crippen LogP contribution is -2.34. The minimum Gasteiger partial charge on any atom is -0.341 e. The Bertz CT molecular complexity index is 216. The smallest absolute Gasteiger partial charge is 0.106 e. The zero-order chi connectivity index (χ0) is 12.7. The van der Waals surface area contributed by atoms with Crippen molar-refractivity contribution in [1.82, 2.24) is 4.67 Å². The SMILES string of the molecule is CC(C)O[P@](CCC#N)N(C(C)C)C(C)C. The van der Waals surface area contributed by atoms with E-state index in [1.165, 1.54) is 0 Å². The van der Waals surface area contributed by atoms with E-state index in [9.17, 15) is 0 Å². The maximum atomic E-state index is 8.69. The van der Waals surface area contributed by atoms with Crippen molar-refractivity contribution in [3.05, 3.63) is 0 Å². The van der Waals surface area contributed by atoms with Crippen LogP contribution in [0.1, 0.15) is 48.0 Å². The molecule has 0 aromatic heterocycles. The summed E-state index contributed by atoms with van der Waals surface area (Å²) in [5.41, 5.74) is 0. The van der Waals surface area contributed by atoms with Crippen LogP contribution in [0.5, 0.6) is 0 Å². The lowest BCUT2D eigenvalue weighted by atomic mass is 10.3. The number of nitriles is 1. The summed E-state index contributed by atoms with van der Waals surface area (Å²) in [6, 6.07) is 3.14. The molecule has 94 valence electrons. The number of rotatable bonds is 7. The van der Waals surface area contributed by atoms with Crippen LogP contribution in [0.25, 0.3) is 0 Å². The van der Waals surface area contributed by atoms with Gasteiger partial charge in [-0.15, -0.1) is 0 Å². The van der Waals surface area contributed by atoms with Gasteiger partial charge in [-0.3, -0.25) is 4.67 Å². The van der Waals surface area contributed by atoms with Crippen LogP contribution in [0, 0.1) is 11.3 Å². The van der Waals surface area contributed by atoms with Gasteiger partial charge >= 0.3 is 0 Å². The van der Waals surface area contributed by atoms with Crippen molar-refractivity contribution in [2.75, 3.05) is 6.16 Å². The van der Waals surface area contributed by atoms with Gasteiger partial charge in [0.05, 0.1) is 12.2 Å². The van der Waals surface area contributed by atoms with E-state index in [2.05, 4.69) is 52.3 Å². The van der Waals surface area contributed by atoms with Gasteiger partial charge in [0.1, 0.15) is 8.30 Å². The highest BCUT2D eigenvalue weighted by molar-refractivity contribution is 7.50. The van der Waals surface area contributed by atoms with E-state index >= 15 is 0 Å². The first-order valence-corrected chi connectivity index (χ1v) is 7.39. The molecular weight excluding hydrogens is 219 g/mol. The van der Waals surface area contributed by atoms with Crippen molar-refractivity contribution in [2.45, 2.75) is 66.2 Å². The topological polar surface area (TPSA) is 36.3 Å². The maximum Gasteiger partial charge on any atom is 0.106 e. The van der Waals surface area contributed by atoms with Gasteiger partial charge in [-0.2, -0.15) is 5.26 Å². The van der Waals surface area contributed by atoms with E-state index in [1.54, 1.807) is 0 Å². The minimum atomic E-state index is -0.637. The molecule has 1 atom stereocenters. The van der Waals surface area contributed by atoms with Crippen LogP contribution >= 0.6 is 8.30 Å². The average molecular weight is 244 g/mol. The third-order valence-electron chi connectivity index (χ3n) is 2.06. The molecule has 0 amide bonds. The molecule has 0 aliphatic carbocycles. The Balaban J connectivity index is 4.61. The molecule has 3 nitrogen and oxygen atoms in total. The highest BCUT2D eigenvalue weighted by atomic mass is 31.2. The Morgan fingerprint density at radius 2 is 1.62 bits per heavy atom. The molecule has 0 saturated carbocycles. The van der Waals surface area contributed by atoms with Gasteiger partial charge in [0.2, 0.25) is 0 Å². The Labute approximate surface area is 102 Å². The van der Waals surface area contributed by atoms with Crippen LogP contribution in [-0.2, 0) is 4.52 Å². The second-order valence-electron chi connectivity index (χ2n) is 4.71. The molecule has 0 aliphatic rings.